The van der Waals surface area contributed by atoms with Crippen LogP contribution in [0.25, 0.3) is 34.1 Å². The highest BCUT2D eigenvalue weighted by molar-refractivity contribution is 7.46. The highest BCUT2D eigenvalue weighted by Gasteiger charge is 2.38. The van der Waals surface area contributed by atoms with E-state index < -0.39 is 38.4 Å². The minimum atomic E-state index is -4.74. The number of hydrogen-bond acceptors (Lipinski definition) is 8. The third-order valence-corrected chi connectivity index (χ3v) is 6.18. The third kappa shape index (κ3) is 4.89. The number of aromatic amines is 1. The standard InChI is InChI=1S/C22H22N5O7P/c23-22-25-20-19(21(29)26-22)24-17(8-6-12-5-7-13-3-1-2-4-14(13)9-12)27(20)18-10-15(28)16(34-18)11-33-35(30,31)32/h1-9,15-16,18,28H,10-11H2,(H2,30,31,32)(H3,23,25,26,29)/b8-6+/t15-,16+,18+/m0/s1. The molecule has 0 spiro atoms. The van der Waals surface area contributed by atoms with Crippen molar-refractivity contribution in [3.8, 4) is 0 Å². The molecule has 182 valence electrons. The van der Waals surface area contributed by atoms with E-state index in [-0.39, 0.29) is 23.5 Å². The largest absolute Gasteiger partial charge is 0.469 e. The van der Waals surface area contributed by atoms with E-state index in [0.29, 0.717) is 5.82 Å². The quantitative estimate of drug-likeness (QED) is 0.245. The lowest BCUT2D eigenvalue weighted by Gasteiger charge is -2.17. The molecular weight excluding hydrogens is 477 g/mol. The third-order valence-electron chi connectivity index (χ3n) is 5.69. The number of hydrogen-bond donors (Lipinski definition) is 5. The van der Waals surface area contributed by atoms with Gasteiger partial charge in [-0.1, -0.05) is 42.5 Å². The lowest BCUT2D eigenvalue weighted by atomic mass is 10.1. The first-order valence-corrected chi connectivity index (χ1v) is 12.2. The molecule has 35 heavy (non-hydrogen) atoms. The average molecular weight is 499 g/mol. The summed E-state index contributed by atoms with van der Waals surface area (Å²) in [5.74, 6) is 0.208. The number of fused-ring (bicyclic) bond motifs is 2. The molecule has 1 aliphatic heterocycles. The fraction of sp³-hybridized carbons (Fsp3) is 0.227. The molecule has 0 unspecified atom stereocenters. The zero-order valence-electron chi connectivity index (χ0n) is 18.2. The Hall–Kier alpha value is -3.38. The van der Waals surface area contributed by atoms with Crippen LogP contribution < -0.4 is 11.3 Å². The Labute approximate surface area is 197 Å². The van der Waals surface area contributed by atoms with Gasteiger partial charge in [-0.2, -0.15) is 4.98 Å². The van der Waals surface area contributed by atoms with Crippen molar-refractivity contribution in [1.82, 2.24) is 19.5 Å². The van der Waals surface area contributed by atoms with Crippen LogP contribution in [0.2, 0.25) is 0 Å². The molecule has 0 aliphatic carbocycles. The van der Waals surface area contributed by atoms with E-state index in [1.54, 1.807) is 6.08 Å². The summed E-state index contributed by atoms with van der Waals surface area (Å²) in [6.07, 6.45) is 0.622. The number of nitrogens with zero attached hydrogens (tertiary/aromatic N) is 3. The van der Waals surface area contributed by atoms with Crippen LogP contribution in [0.1, 0.15) is 24.0 Å². The summed E-state index contributed by atoms with van der Waals surface area (Å²) in [5, 5.41) is 12.6. The molecule has 6 N–H and O–H groups in total. The number of benzene rings is 2. The van der Waals surface area contributed by atoms with Gasteiger partial charge in [-0.15, -0.1) is 0 Å². The minimum absolute atomic E-state index is 0.0327. The smallest absolute Gasteiger partial charge is 0.390 e. The molecule has 1 fully saturated rings. The van der Waals surface area contributed by atoms with Crippen LogP contribution in [0.15, 0.2) is 47.3 Å². The van der Waals surface area contributed by atoms with Gasteiger partial charge in [0.1, 0.15) is 18.2 Å². The first-order valence-electron chi connectivity index (χ1n) is 10.7. The average Bonchev–Trinajstić information content (AvgIpc) is 3.35. The molecule has 0 bridgehead atoms. The van der Waals surface area contributed by atoms with E-state index in [9.17, 15) is 14.5 Å². The molecule has 3 atom stereocenters. The number of nitrogens with two attached hydrogens (primary N) is 1. The van der Waals surface area contributed by atoms with Gasteiger partial charge in [0.25, 0.3) is 5.56 Å². The van der Waals surface area contributed by atoms with Crippen molar-refractivity contribution in [2.75, 3.05) is 12.3 Å². The normalized spacial score (nSPS) is 20.9. The van der Waals surface area contributed by atoms with Gasteiger partial charge in [-0.25, -0.2) is 9.55 Å². The van der Waals surface area contributed by atoms with Gasteiger partial charge in [-0.05, 0) is 28.5 Å². The number of aliphatic hydroxyl groups excluding tert-OH is 1. The second kappa shape index (κ2) is 9.00. The van der Waals surface area contributed by atoms with Crippen LogP contribution >= 0.6 is 7.82 Å². The van der Waals surface area contributed by atoms with Gasteiger partial charge in [0.15, 0.2) is 11.2 Å². The van der Waals surface area contributed by atoms with Gasteiger partial charge in [0, 0.05) is 6.42 Å². The molecule has 2 aromatic carbocycles. The van der Waals surface area contributed by atoms with Gasteiger partial charge in [-0.3, -0.25) is 18.9 Å². The summed E-state index contributed by atoms with van der Waals surface area (Å²) in [5.41, 5.74) is 6.29. The van der Waals surface area contributed by atoms with Crippen molar-refractivity contribution in [3.63, 3.8) is 0 Å². The number of H-pyrrole nitrogens is 1. The van der Waals surface area contributed by atoms with Crippen molar-refractivity contribution in [3.05, 3.63) is 64.2 Å². The number of phosphoric acid groups is 1. The summed E-state index contributed by atoms with van der Waals surface area (Å²) in [6.45, 7) is -0.521. The van der Waals surface area contributed by atoms with Crippen molar-refractivity contribution in [1.29, 1.82) is 0 Å². The molecule has 1 aliphatic rings. The topological polar surface area (TPSA) is 186 Å². The van der Waals surface area contributed by atoms with Gasteiger partial charge in [0.2, 0.25) is 5.95 Å². The molecular formula is C22H22N5O7P. The van der Waals surface area contributed by atoms with Gasteiger partial charge >= 0.3 is 7.82 Å². The first kappa shape index (κ1) is 23.4. The van der Waals surface area contributed by atoms with E-state index >= 15 is 0 Å². The van der Waals surface area contributed by atoms with E-state index in [2.05, 4.69) is 19.5 Å². The van der Waals surface area contributed by atoms with Crippen molar-refractivity contribution < 1.29 is 28.7 Å². The van der Waals surface area contributed by atoms with Crippen LogP contribution in [0, 0.1) is 0 Å². The van der Waals surface area contributed by atoms with Crippen molar-refractivity contribution in [2.24, 2.45) is 0 Å². The van der Waals surface area contributed by atoms with Crippen LogP contribution in [-0.4, -0.2) is 53.2 Å². The molecule has 5 rings (SSSR count). The maximum absolute atomic E-state index is 12.5. The number of phosphoric ester groups is 1. The first-order chi connectivity index (χ1) is 16.7. The maximum atomic E-state index is 12.5. The Morgan fingerprint density at radius 2 is 1.97 bits per heavy atom. The fourth-order valence-corrected chi connectivity index (χ4v) is 4.44. The van der Waals surface area contributed by atoms with E-state index in [4.69, 9.17) is 20.3 Å². The predicted octanol–water partition coefficient (Wildman–Crippen LogP) is 1.78. The zero-order chi connectivity index (χ0) is 24.7. The summed E-state index contributed by atoms with van der Waals surface area (Å²) in [7, 11) is -4.74. The molecule has 0 amide bonds. The van der Waals surface area contributed by atoms with Crippen molar-refractivity contribution in [2.45, 2.75) is 24.9 Å². The molecule has 4 aromatic rings. The van der Waals surface area contributed by atoms with E-state index in [0.717, 1.165) is 16.3 Å². The van der Waals surface area contributed by atoms with E-state index in [1.165, 1.54) is 4.57 Å². The Balaban J connectivity index is 1.53. The van der Waals surface area contributed by atoms with Crippen LogP contribution in [0.3, 0.4) is 0 Å². The summed E-state index contributed by atoms with van der Waals surface area (Å²) < 4.78 is 22.9. The van der Waals surface area contributed by atoms with Crippen LogP contribution in [0.4, 0.5) is 5.95 Å². The number of ether oxygens (including phenoxy) is 1. The number of aliphatic hydroxyl groups is 1. The second-order valence-electron chi connectivity index (χ2n) is 8.12. The van der Waals surface area contributed by atoms with Gasteiger partial charge in [0.05, 0.1) is 12.7 Å². The molecule has 0 saturated carbocycles. The maximum Gasteiger partial charge on any atom is 0.469 e. The van der Waals surface area contributed by atoms with E-state index in [1.807, 2.05) is 48.5 Å². The molecule has 13 heteroatoms. The highest BCUT2D eigenvalue weighted by atomic mass is 31.2. The summed E-state index contributed by atoms with van der Waals surface area (Å²) >= 11 is 0. The predicted molar refractivity (Wildman–Crippen MR) is 128 cm³/mol. The Morgan fingerprint density at radius 1 is 1.20 bits per heavy atom. The molecule has 0 radical (unpaired) electrons. The number of imidazole rings is 1. The highest BCUT2D eigenvalue weighted by Crippen LogP contribution is 2.39. The number of anilines is 1. The molecule has 12 nitrogen and oxygen atoms in total. The summed E-state index contributed by atoms with van der Waals surface area (Å²) in [4.78, 5) is 41.4. The second-order valence-corrected chi connectivity index (χ2v) is 9.36. The van der Waals surface area contributed by atoms with Crippen LogP contribution in [-0.2, 0) is 13.8 Å². The lowest BCUT2D eigenvalue weighted by Crippen LogP contribution is -2.26. The number of nitrogen functional groups attached to an aromatic ring is 1. The number of aromatic nitrogens is 4. The number of rotatable bonds is 6. The summed E-state index contributed by atoms with van der Waals surface area (Å²) in [6, 6.07) is 13.9. The fourth-order valence-electron chi connectivity index (χ4n) is 4.09. The minimum Gasteiger partial charge on any atom is -0.390 e. The molecule has 2 aromatic heterocycles. The zero-order valence-corrected chi connectivity index (χ0v) is 19.1. The number of nitrogens with one attached hydrogen (secondary N) is 1. The van der Waals surface area contributed by atoms with Crippen molar-refractivity contribution >= 4 is 47.9 Å². The lowest BCUT2D eigenvalue weighted by molar-refractivity contribution is -0.0426. The molecule has 3 heterocycles. The van der Waals surface area contributed by atoms with Crippen LogP contribution in [0.5, 0.6) is 0 Å². The Kier molecular flexibility index (Phi) is 6.01. The van der Waals surface area contributed by atoms with Gasteiger partial charge < -0.3 is 25.4 Å². The Morgan fingerprint density at radius 3 is 2.74 bits per heavy atom. The SMILES string of the molecule is Nc1nc2c(nc(/C=C/c3ccc4ccccc4c3)n2[C@H]2C[C@H](O)[C@@H](COP(=O)(O)O)O2)c(=O)[nH]1. The monoisotopic (exact) mass is 499 g/mol. The Bertz CT molecular complexity index is 1540. The molecule has 1 saturated heterocycles.